The van der Waals surface area contributed by atoms with Crippen LogP contribution in [0.15, 0.2) is 22.0 Å². The summed E-state index contributed by atoms with van der Waals surface area (Å²) in [6, 6.07) is 3.23. The molecule has 0 saturated carbocycles. The van der Waals surface area contributed by atoms with E-state index in [1.165, 1.54) is 14.2 Å². The number of ether oxygens (including phenoxy) is 3. The van der Waals surface area contributed by atoms with Crippen LogP contribution in [-0.2, 0) is 14.4 Å². The Hall–Kier alpha value is -2.81. The van der Waals surface area contributed by atoms with E-state index in [2.05, 4.69) is 10.3 Å². The summed E-state index contributed by atoms with van der Waals surface area (Å²) in [5.74, 6) is -0.347. The Bertz CT molecular complexity index is 806. The van der Waals surface area contributed by atoms with E-state index in [1.54, 1.807) is 32.1 Å². The van der Waals surface area contributed by atoms with Gasteiger partial charge in [-0.25, -0.2) is 0 Å². The van der Waals surface area contributed by atoms with Crippen molar-refractivity contribution in [2.45, 2.75) is 26.7 Å². The minimum absolute atomic E-state index is 0.173. The number of amidine groups is 1. The normalized spacial score (nSPS) is 14.7. The fourth-order valence-corrected chi connectivity index (χ4v) is 2.92. The number of rotatable bonds is 6. The van der Waals surface area contributed by atoms with Gasteiger partial charge in [-0.05, 0) is 35.5 Å². The van der Waals surface area contributed by atoms with Crippen molar-refractivity contribution >= 4 is 40.8 Å². The molecule has 27 heavy (non-hydrogen) atoms. The zero-order valence-electron chi connectivity index (χ0n) is 15.5. The Morgan fingerprint density at radius 3 is 2.30 bits per heavy atom. The molecule has 144 valence electrons. The van der Waals surface area contributed by atoms with Gasteiger partial charge in [-0.1, -0.05) is 13.8 Å². The van der Waals surface area contributed by atoms with Crippen molar-refractivity contribution in [3.05, 3.63) is 22.6 Å². The molecule has 0 bridgehead atoms. The molecule has 1 heterocycles. The molecule has 1 N–H and O–H groups in total. The minimum atomic E-state index is -0.453. The number of nitrogens with one attached hydrogen (secondary N) is 1. The Morgan fingerprint density at radius 2 is 1.78 bits per heavy atom. The first kappa shape index (κ1) is 20.5. The van der Waals surface area contributed by atoms with Gasteiger partial charge in [0.15, 0.2) is 16.7 Å². The average molecular weight is 392 g/mol. The monoisotopic (exact) mass is 392 g/mol. The Morgan fingerprint density at radius 1 is 1.15 bits per heavy atom. The van der Waals surface area contributed by atoms with E-state index in [1.807, 2.05) is 0 Å². The highest BCUT2D eigenvalue weighted by Gasteiger charge is 2.24. The van der Waals surface area contributed by atoms with Gasteiger partial charge in [0.2, 0.25) is 11.7 Å². The molecular weight excluding hydrogens is 372 g/mol. The summed E-state index contributed by atoms with van der Waals surface area (Å²) >= 11 is 1.07. The van der Waals surface area contributed by atoms with Gasteiger partial charge in [0.05, 0.1) is 19.1 Å². The number of carbonyl (C=O) groups is 3. The van der Waals surface area contributed by atoms with Crippen LogP contribution in [0.2, 0.25) is 0 Å². The van der Waals surface area contributed by atoms with Crippen LogP contribution in [0.1, 0.15) is 32.3 Å². The second-order valence-electron chi connectivity index (χ2n) is 5.32. The van der Waals surface area contributed by atoms with Gasteiger partial charge in [-0.2, -0.15) is 4.99 Å². The van der Waals surface area contributed by atoms with E-state index in [9.17, 15) is 14.4 Å². The number of thioether (sulfide) groups is 1. The topological polar surface area (TPSA) is 103 Å². The first-order valence-corrected chi connectivity index (χ1v) is 9.02. The quantitative estimate of drug-likeness (QED) is 0.451. The summed E-state index contributed by atoms with van der Waals surface area (Å²) in [5.41, 5.74) is 0.592. The van der Waals surface area contributed by atoms with Crippen molar-refractivity contribution in [3.8, 4) is 17.2 Å². The van der Waals surface area contributed by atoms with Crippen molar-refractivity contribution in [1.82, 2.24) is 5.32 Å². The lowest BCUT2D eigenvalue weighted by molar-refractivity contribution is -0.134. The molecule has 2 rings (SSSR count). The van der Waals surface area contributed by atoms with Gasteiger partial charge in [-0.3, -0.25) is 14.4 Å². The highest BCUT2D eigenvalue weighted by Crippen LogP contribution is 2.40. The van der Waals surface area contributed by atoms with Gasteiger partial charge in [-0.15, -0.1) is 0 Å². The van der Waals surface area contributed by atoms with E-state index in [0.717, 1.165) is 11.8 Å². The zero-order valence-corrected chi connectivity index (χ0v) is 16.3. The molecule has 0 unspecified atom stereocenters. The smallest absolute Gasteiger partial charge is 0.311 e. The molecule has 0 aliphatic carbocycles. The fourth-order valence-electron chi connectivity index (χ4n) is 2.09. The molecule has 0 spiro atoms. The number of nitrogens with zero attached hydrogens (tertiary/aromatic N) is 1. The number of methoxy groups -OCH3 is 2. The standard InChI is InChI=1S/C18H20N2O6S/c1-5-14(21)19-18-20-17(23)13(27-18)9-10-7-11(24-3)16(12(8-10)25-4)26-15(22)6-2/h7-9H,5-6H2,1-4H3,(H,19,20,21,23). The molecule has 1 aliphatic rings. The van der Waals surface area contributed by atoms with E-state index in [-0.39, 0.29) is 23.2 Å². The number of esters is 1. The van der Waals surface area contributed by atoms with Crippen LogP contribution in [0.3, 0.4) is 0 Å². The molecule has 2 amide bonds. The van der Waals surface area contributed by atoms with Crippen molar-refractivity contribution in [2.24, 2.45) is 4.99 Å². The summed E-state index contributed by atoms with van der Waals surface area (Å²) in [6.07, 6.45) is 2.09. The van der Waals surface area contributed by atoms with Crippen LogP contribution < -0.4 is 19.5 Å². The van der Waals surface area contributed by atoms with Crippen molar-refractivity contribution in [2.75, 3.05) is 14.2 Å². The predicted octanol–water partition coefficient (Wildman–Crippen LogP) is 2.52. The van der Waals surface area contributed by atoms with Gasteiger partial charge in [0.25, 0.3) is 5.91 Å². The SMILES string of the molecule is CCC(=O)NC1=NC(=O)C(=Cc2cc(OC)c(OC(=O)CC)c(OC)c2)S1. The molecule has 0 aromatic heterocycles. The number of carbonyl (C=O) groups excluding carboxylic acids is 3. The van der Waals surface area contributed by atoms with E-state index >= 15 is 0 Å². The van der Waals surface area contributed by atoms with Crippen LogP contribution in [-0.4, -0.2) is 37.2 Å². The van der Waals surface area contributed by atoms with Crippen molar-refractivity contribution in [3.63, 3.8) is 0 Å². The molecule has 0 atom stereocenters. The zero-order chi connectivity index (χ0) is 20.0. The molecule has 9 heteroatoms. The number of hydrogen-bond acceptors (Lipinski definition) is 7. The summed E-state index contributed by atoms with van der Waals surface area (Å²) in [5, 5.41) is 2.80. The summed E-state index contributed by atoms with van der Waals surface area (Å²) in [4.78, 5) is 39.3. The maximum Gasteiger partial charge on any atom is 0.311 e. The summed E-state index contributed by atoms with van der Waals surface area (Å²) < 4.78 is 15.9. The largest absolute Gasteiger partial charge is 0.493 e. The lowest BCUT2D eigenvalue weighted by Gasteiger charge is -2.14. The Labute approximate surface area is 161 Å². The maximum atomic E-state index is 12.1. The summed E-state index contributed by atoms with van der Waals surface area (Å²) in [7, 11) is 2.87. The average Bonchev–Trinajstić information content (AvgIpc) is 3.00. The fraction of sp³-hybridized carbons (Fsp3) is 0.333. The first-order valence-electron chi connectivity index (χ1n) is 8.20. The number of hydrogen-bond donors (Lipinski definition) is 1. The molecule has 0 saturated heterocycles. The van der Waals surface area contributed by atoms with Gasteiger partial charge in [0, 0.05) is 12.8 Å². The maximum absolute atomic E-state index is 12.1. The third kappa shape index (κ3) is 5.10. The number of benzene rings is 1. The van der Waals surface area contributed by atoms with Crippen LogP contribution >= 0.6 is 11.8 Å². The lowest BCUT2D eigenvalue weighted by Crippen LogP contribution is -2.26. The third-order valence-corrected chi connectivity index (χ3v) is 4.37. The van der Waals surface area contributed by atoms with Crippen LogP contribution in [0.25, 0.3) is 6.08 Å². The first-order chi connectivity index (χ1) is 12.9. The molecule has 1 aromatic carbocycles. The molecule has 8 nitrogen and oxygen atoms in total. The van der Waals surface area contributed by atoms with Crippen LogP contribution in [0.4, 0.5) is 0 Å². The van der Waals surface area contributed by atoms with Crippen LogP contribution in [0.5, 0.6) is 17.2 Å². The predicted molar refractivity (Wildman–Crippen MR) is 102 cm³/mol. The summed E-state index contributed by atoms with van der Waals surface area (Å²) in [6.45, 7) is 3.39. The molecule has 0 radical (unpaired) electrons. The molecule has 1 aromatic rings. The minimum Gasteiger partial charge on any atom is -0.493 e. The number of amides is 2. The third-order valence-electron chi connectivity index (χ3n) is 3.47. The van der Waals surface area contributed by atoms with Crippen molar-refractivity contribution < 1.29 is 28.6 Å². The van der Waals surface area contributed by atoms with Gasteiger partial charge < -0.3 is 19.5 Å². The number of aliphatic imine (C=N–C) groups is 1. The van der Waals surface area contributed by atoms with Crippen molar-refractivity contribution in [1.29, 1.82) is 0 Å². The Balaban J connectivity index is 2.32. The van der Waals surface area contributed by atoms with E-state index < -0.39 is 11.9 Å². The van der Waals surface area contributed by atoms with E-state index in [4.69, 9.17) is 14.2 Å². The second kappa shape index (κ2) is 9.22. The van der Waals surface area contributed by atoms with Gasteiger partial charge >= 0.3 is 5.97 Å². The Kier molecular flexibility index (Phi) is 7.00. The molecule has 0 fully saturated rings. The van der Waals surface area contributed by atoms with Crippen LogP contribution in [0, 0.1) is 0 Å². The molecule has 1 aliphatic heterocycles. The van der Waals surface area contributed by atoms with Gasteiger partial charge in [0.1, 0.15) is 0 Å². The lowest BCUT2D eigenvalue weighted by atomic mass is 10.1. The second-order valence-corrected chi connectivity index (χ2v) is 6.35. The molecular formula is C18H20N2O6S. The highest BCUT2D eigenvalue weighted by molar-refractivity contribution is 8.18. The highest BCUT2D eigenvalue weighted by atomic mass is 32.2. The van der Waals surface area contributed by atoms with E-state index in [0.29, 0.717) is 28.4 Å².